The number of hydrogen-bond acceptors (Lipinski definition) is 4. The van der Waals surface area contributed by atoms with E-state index in [0.717, 1.165) is 30.8 Å². The first-order valence-electron chi connectivity index (χ1n) is 9.06. The molecule has 6 heteroatoms. The maximum absolute atomic E-state index is 12.9. The summed E-state index contributed by atoms with van der Waals surface area (Å²) >= 11 is 0. The summed E-state index contributed by atoms with van der Waals surface area (Å²) in [7, 11) is -3.29. The average molecular weight is 351 g/mol. The normalized spacial score (nSPS) is 31.6. The van der Waals surface area contributed by atoms with Crippen molar-refractivity contribution in [2.45, 2.75) is 69.2 Å². The molecule has 0 bridgehead atoms. The zero-order chi connectivity index (χ0) is 16.9. The number of hydrogen-bond donors (Lipinski definition) is 0. The van der Waals surface area contributed by atoms with Crippen LogP contribution < -0.4 is 0 Å². The van der Waals surface area contributed by atoms with E-state index in [-0.39, 0.29) is 17.7 Å². The molecular formula is C18H25NO4S. The van der Waals surface area contributed by atoms with Gasteiger partial charge in [-0.05, 0) is 50.2 Å². The average Bonchev–Trinajstić information content (AvgIpc) is 3.45. The van der Waals surface area contributed by atoms with E-state index in [0.29, 0.717) is 31.2 Å². The zero-order valence-corrected chi connectivity index (χ0v) is 14.9. The number of nitrogens with zero attached hydrogens (tertiary/aromatic N) is 1. The van der Waals surface area contributed by atoms with Gasteiger partial charge in [-0.2, -0.15) is 0 Å². The van der Waals surface area contributed by atoms with E-state index in [4.69, 9.17) is 4.42 Å². The Morgan fingerprint density at radius 2 is 2.00 bits per heavy atom. The molecule has 24 heavy (non-hydrogen) atoms. The Morgan fingerprint density at radius 3 is 2.62 bits per heavy atom. The Morgan fingerprint density at radius 1 is 1.25 bits per heavy atom. The highest BCUT2D eigenvalue weighted by Gasteiger charge is 2.42. The van der Waals surface area contributed by atoms with E-state index in [1.165, 1.54) is 6.42 Å². The molecule has 3 aliphatic rings. The Kier molecular flexibility index (Phi) is 3.98. The van der Waals surface area contributed by atoms with Crippen molar-refractivity contribution in [2.75, 3.05) is 5.75 Å². The van der Waals surface area contributed by atoms with E-state index < -0.39 is 15.1 Å². The summed E-state index contributed by atoms with van der Waals surface area (Å²) in [6.07, 6.45) is 5.05. The molecule has 0 radical (unpaired) electrons. The minimum atomic E-state index is -3.29. The van der Waals surface area contributed by atoms with Crippen LogP contribution in [0.15, 0.2) is 16.5 Å². The van der Waals surface area contributed by atoms with E-state index in [1.54, 1.807) is 4.90 Å². The maximum atomic E-state index is 12.9. The Hall–Kier alpha value is -1.30. The molecule has 1 aromatic heterocycles. The van der Waals surface area contributed by atoms with Crippen molar-refractivity contribution < 1.29 is 17.6 Å². The molecule has 0 spiro atoms. The first-order chi connectivity index (χ1) is 11.5. The molecule has 4 rings (SSSR count). The highest BCUT2D eigenvalue weighted by Crippen LogP contribution is 2.47. The van der Waals surface area contributed by atoms with Crippen molar-refractivity contribution in [1.82, 2.24) is 4.90 Å². The second kappa shape index (κ2) is 5.90. The predicted molar refractivity (Wildman–Crippen MR) is 90.2 cm³/mol. The van der Waals surface area contributed by atoms with Crippen LogP contribution in [-0.4, -0.2) is 36.3 Å². The van der Waals surface area contributed by atoms with Crippen molar-refractivity contribution in [3.05, 3.63) is 23.7 Å². The lowest BCUT2D eigenvalue weighted by atomic mass is 10.1. The minimum Gasteiger partial charge on any atom is -0.464 e. The topological polar surface area (TPSA) is 67.6 Å². The first kappa shape index (κ1) is 16.2. The van der Waals surface area contributed by atoms with Crippen molar-refractivity contribution in [3.8, 4) is 0 Å². The molecular weight excluding hydrogens is 326 g/mol. The van der Waals surface area contributed by atoms with Gasteiger partial charge in [0.2, 0.25) is 5.91 Å². The molecule has 0 N–H and O–H groups in total. The second-order valence-corrected chi connectivity index (χ2v) is 9.98. The van der Waals surface area contributed by atoms with Gasteiger partial charge >= 0.3 is 0 Å². The minimum absolute atomic E-state index is 0.145. The third kappa shape index (κ3) is 3.13. The lowest BCUT2D eigenvalue weighted by molar-refractivity contribution is -0.132. The number of carbonyl (C=O) groups excluding carboxylic acids is 1. The van der Waals surface area contributed by atoms with Gasteiger partial charge in [-0.15, -0.1) is 0 Å². The summed E-state index contributed by atoms with van der Waals surface area (Å²) in [5, 5.41) is -0.843. The Labute approximate surface area is 143 Å². The fourth-order valence-electron chi connectivity index (χ4n) is 3.76. The van der Waals surface area contributed by atoms with Crippen LogP contribution in [0.2, 0.25) is 0 Å². The van der Waals surface area contributed by atoms with Gasteiger partial charge < -0.3 is 9.32 Å². The van der Waals surface area contributed by atoms with Crippen molar-refractivity contribution in [1.29, 1.82) is 0 Å². The Bertz CT molecular complexity index is 734. The first-order valence-corrected chi connectivity index (χ1v) is 10.8. The number of sulfone groups is 1. The van der Waals surface area contributed by atoms with Crippen LogP contribution in [0.3, 0.4) is 0 Å². The van der Waals surface area contributed by atoms with Gasteiger partial charge in [0, 0.05) is 12.0 Å². The van der Waals surface area contributed by atoms with Crippen LogP contribution in [-0.2, 0) is 21.2 Å². The van der Waals surface area contributed by atoms with Crippen LogP contribution in [0.25, 0.3) is 0 Å². The summed E-state index contributed by atoms with van der Waals surface area (Å²) in [4.78, 5) is 14.7. The summed E-state index contributed by atoms with van der Waals surface area (Å²) < 4.78 is 30.5. The van der Waals surface area contributed by atoms with Crippen LogP contribution >= 0.6 is 0 Å². The van der Waals surface area contributed by atoms with Gasteiger partial charge in [0.05, 0.1) is 12.3 Å². The van der Waals surface area contributed by atoms with E-state index in [1.807, 2.05) is 12.1 Å². The van der Waals surface area contributed by atoms with E-state index >= 15 is 0 Å². The molecule has 3 atom stereocenters. The number of furan rings is 1. The van der Waals surface area contributed by atoms with Crippen molar-refractivity contribution in [3.63, 3.8) is 0 Å². The lowest BCUT2D eigenvalue weighted by Gasteiger charge is -2.28. The molecule has 3 fully saturated rings. The summed E-state index contributed by atoms with van der Waals surface area (Å²) in [5.74, 6) is 2.91. The monoisotopic (exact) mass is 351 g/mol. The van der Waals surface area contributed by atoms with Gasteiger partial charge in [0.15, 0.2) is 9.84 Å². The van der Waals surface area contributed by atoms with Crippen LogP contribution in [0.1, 0.15) is 62.9 Å². The molecule has 2 saturated carbocycles. The Balaban J connectivity index is 1.50. The predicted octanol–water partition coefficient (Wildman–Crippen LogP) is 2.86. The summed E-state index contributed by atoms with van der Waals surface area (Å²) in [6.45, 7) is 2.61. The molecule has 1 saturated heterocycles. The van der Waals surface area contributed by atoms with Crippen molar-refractivity contribution >= 4 is 15.7 Å². The standard InChI is InChI=1S/C18H25NO4S/c1-12-10-15(12)16-8-7-14(23-16)11-19(13-5-6-13)18(20)17-4-2-3-9-24(17,21)22/h7-8,12-13,15,17H,2-6,9-11H2,1H3. The van der Waals surface area contributed by atoms with Crippen LogP contribution in [0.4, 0.5) is 0 Å². The molecule has 1 aliphatic heterocycles. The molecule has 132 valence electrons. The fraction of sp³-hybridized carbons (Fsp3) is 0.722. The third-order valence-corrected chi connectivity index (χ3v) is 7.77. The highest BCUT2D eigenvalue weighted by molar-refractivity contribution is 7.92. The third-order valence-electron chi connectivity index (χ3n) is 5.61. The molecule has 2 heterocycles. The number of carbonyl (C=O) groups is 1. The zero-order valence-electron chi connectivity index (χ0n) is 14.1. The van der Waals surface area contributed by atoms with Gasteiger partial charge in [0.1, 0.15) is 16.8 Å². The molecule has 5 nitrogen and oxygen atoms in total. The van der Waals surface area contributed by atoms with Crippen molar-refractivity contribution in [2.24, 2.45) is 5.92 Å². The largest absolute Gasteiger partial charge is 0.464 e. The second-order valence-electron chi connectivity index (χ2n) is 7.67. The molecule has 1 aromatic rings. The molecule has 1 amide bonds. The van der Waals surface area contributed by atoms with Gasteiger partial charge in [-0.25, -0.2) is 8.42 Å². The van der Waals surface area contributed by atoms with Gasteiger partial charge in [-0.3, -0.25) is 4.79 Å². The fourth-order valence-corrected chi connectivity index (χ4v) is 5.61. The summed E-state index contributed by atoms with van der Waals surface area (Å²) in [6, 6.07) is 4.14. The van der Waals surface area contributed by atoms with Crippen LogP contribution in [0, 0.1) is 5.92 Å². The SMILES string of the molecule is CC1CC1c1ccc(CN(C(=O)C2CCCCS2(=O)=O)C2CC2)o1. The van der Waals surface area contributed by atoms with E-state index in [2.05, 4.69) is 6.92 Å². The maximum Gasteiger partial charge on any atom is 0.241 e. The van der Waals surface area contributed by atoms with Gasteiger partial charge in [-0.1, -0.05) is 13.3 Å². The number of amides is 1. The lowest BCUT2D eigenvalue weighted by Crippen LogP contribution is -2.45. The highest BCUT2D eigenvalue weighted by atomic mass is 32.2. The smallest absolute Gasteiger partial charge is 0.241 e. The van der Waals surface area contributed by atoms with Gasteiger partial charge in [0.25, 0.3) is 0 Å². The molecule has 3 unspecified atom stereocenters. The molecule has 2 aliphatic carbocycles. The quantitative estimate of drug-likeness (QED) is 0.818. The van der Waals surface area contributed by atoms with E-state index in [9.17, 15) is 13.2 Å². The number of rotatable bonds is 5. The van der Waals surface area contributed by atoms with Crippen LogP contribution in [0.5, 0.6) is 0 Å². The molecule has 0 aromatic carbocycles. The summed E-state index contributed by atoms with van der Waals surface area (Å²) in [5.41, 5.74) is 0.